The number of aromatic nitrogens is 1. The summed E-state index contributed by atoms with van der Waals surface area (Å²) in [4.78, 5) is 20.8. The molecule has 6 nitrogen and oxygen atoms in total. The summed E-state index contributed by atoms with van der Waals surface area (Å²) in [5.74, 6) is 1.73. The highest BCUT2D eigenvalue weighted by atomic mass is 32.2. The number of amides is 1. The first-order valence-electron chi connectivity index (χ1n) is 8.54. The lowest BCUT2D eigenvalue weighted by Gasteiger charge is -2.31. The van der Waals surface area contributed by atoms with Crippen LogP contribution in [0, 0.1) is 5.92 Å². The monoisotopic (exact) mass is 351 g/mol. The van der Waals surface area contributed by atoms with Crippen LogP contribution in [0.3, 0.4) is 0 Å². The Kier molecular flexibility index (Phi) is 4.80. The molecule has 7 heteroatoms. The molecule has 0 bridgehead atoms. The third-order valence-corrected chi connectivity index (χ3v) is 6.93. The van der Waals surface area contributed by atoms with Gasteiger partial charge in [-0.15, -0.1) is 0 Å². The highest BCUT2D eigenvalue weighted by Crippen LogP contribution is 2.22. The Labute approximate surface area is 143 Å². The Bertz CT molecular complexity index is 694. The maximum atomic E-state index is 12.6. The first-order chi connectivity index (χ1) is 11.4. The van der Waals surface area contributed by atoms with Gasteiger partial charge in [0.25, 0.3) is 5.91 Å². The van der Waals surface area contributed by atoms with Gasteiger partial charge in [0, 0.05) is 32.4 Å². The van der Waals surface area contributed by atoms with Gasteiger partial charge in [0.15, 0.2) is 9.84 Å². The summed E-state index contributed by atoms with van der Waals surface area (Å²) >= 11 is 0. The number of rotatable bonds is 3. The molecule has 0 N–H and O–H groups in total. The van der Waals surface area contributed by atoms with Crippen molar-refractivity contribution in [2.45, 2.75) is 32.2 Å². The van der Waals surface area contributed by atoms with Crippen LogP contribution in [-0.2, 0) is 9.84 Å². The first kappa shape index (κ1) is 17.2. The van der Waals surface area contributed by atoms with Gasteiger partial charge in [0.05, 0.1) is 17.1 Å². The molecule has 1 unspecified atom stereocenters. The van der Waals surface area contributed by atoms with Crippen molar-refractivity contribution in [1.82, 2.24) is 9.88 Å². The molecule has 2 saturated heterocycles. The number of carbonyl (C=O) groups is 1. The van der Waals surface area contributed by atoms with Crippen LogP contribution in [-0.4, -0.2) is 61.9 Å². The number of sulfone groups is 1. The first-order valence-corrected chi connectivity index (χ1v) is 10.4. The van der Waals surface area contributed by atoms with Crippen molar-refractivity contribution >= 4 is 21.6 Å². The molecule has 3 heterocycles. The molecule has 0 aliphatic carbocycles. The van der Waals surface area contributed by atoms with E-state index in [-0.39, 0.29) is 23.5 Å². The molecular formula is C17H25N3O3S. The summed E-state index contributed by atoms with van der Waals surface area (Å²) in [7, 11) is -1.32. The zero-order valence-electron chi connectivity index (χ0n) is 14.3. The van der Waals surface area contributed by atoms with E-state index in [2.05, 4.69) is 16.8 Å². The molecule has 2 fully saturated rings. The standard InChI is InChI=1S/C17H25N3O3S/c1-13-5-8-20(9-6-13)16-4-3-14(11-18-16)17(21)19(2)15-7-10-24(22,23)12-15/h3-4,11,13,15H,5-10,12H2,1-2H3. The van der Waals surface area contributed by atoms with Crippen LogP contribution in [0.5, 0.6) is 0 Å². The molecule has 1 aromatic rings. The second-order valence-electron chi connectivity index (χ2n) is 7.05. The summed E-state index contributed by atoms with van der Waals surface area (Å²) in [5, 5.41) is 0. The van der Waals surface area contributed by atoms with Crippen LogP contribution in [0.1, 0.15) is 36.5 Å². The molecule has 132 valence electrons. The predicted molar refractivity (Wildman–Crippen MR) is 94.0 cm³/mol. The lowest BCUT2D eigenvalue weighted by molar-refractivity contribution is 0.0747. The van der Waals surface area contributed by atoms with Crippen molar-refractivity contribution in [2.24, 2.45) is 5.92 Å². The fourth-order valence-corrected chi connectivity index (χ4v) is 5.16. The lowest BCUT2D eigenvalue weighted by atomic mass is 9.99. The largest absolute Gasteiger partial charge is 0.357 e. The molecule has 0 aromatic carbocycles. The van der Waals surface area contributed by atoms with Gasteiger partial charge in [-0.05, 0) is 37.3 Å². The normalized spacial score (nSPS) is 24.1. The fourth-order valence-electron chi connectivity index (χ4n) is 3.39. The second-order valence-corrected chi connectivity index (χ2v) is 9.28. The van der Waals surface area contributed by atoms with E-state index < -0.39 is 9.84 Å². The van der Waals surface area contributed by atoms with Gasteiger partial charge in [-0.2, -0.15) is 0 Å². The van der Waals surface area contributed by atoms with E-state index in [1.807, 2.05) is 6.07 Å². The maximum absolute atomic E-state index is 12.6. The quantitative estimate of drug-likeness (QED) is 0.827. The molecule has 0 saturated carbocycles. The Morgan fingerprint density at radius 2 is 1.96 bits per heavy atom. The van der Waals surface area contributed by atoms with Gasteiger partial charge in [0.1, 0.15) is 5.82 Å². The van der Waals surface area contributed by atoms with E-state index in [9.17, 15) is 13.2 Å². The van der Waals surface area contributed by atoms with Crippen LogP contribution in [0.25, 0.3) is 0 Å². The third-order valence-electron chi connectivity index (χ3n) is 5.18. The zero-order chi connectivity index (χ0) is 17.3. The minimum absolute atomic E-state index is 0.0622. The average molecular weight is 351 g/mol. The summed E-state index contributed by atoms with van der Waals surface area (Å²) in [6.45, 7) is 4.27. The van der Waals surface area contributed by atoms with Crippen molar-refractivity contribution in [3.63, 3.8) is 0 Å². The van der Waals surface area contributed by atoms with Gasteiger partial charge in [-0.1, -0.05) is 6.92 Å². The molecule has 1 aromatic heterocycles. The van der Waals surface area contributed by atoms with Crippen LogP contribution >= 0.6 is 0 Å². The van der Waals surface area contributed by atoms with Gasteiger partial charge in [-0.3, -0.25) is 4.79 Å². The molecule has 0 spiro atoms. The molecular weight excluding hydrogens is 326 g/mol. The van der Waals surface area contributed by atoms with Crippen LogP contribution < -0.4 is 4.90 Å². The van der Waals surface area contributed by atoms with Crippen LogP contribution in [0.15, 0.2) is 18.3 Å². The Balaban J connectivity index is 1.65. The number of anilines is 1. The van der Waals surface area contributed by atoms with E-state index in [1.54, 1.807) is 24.2 Å². The van der Waals surface area contributed by atoms with E-state index in [0.29, 0.717) is 12.0 Å². The Morgan fingerprint density at radius 1 is 1.25 bits per heavy atom. The second kappa shape index (κ2) is 6.70. The highest BCUT2D eigenvalue weighted by molar-refractivity contribution is 7.91. The molecule has 3 rings (SSSR count). The van der Waals surface area contributed by atoms with E-state index in [1.165, 1.54) is 12.8 Å². The number of nitrogens with zero attached hydrogens (tertiary/aromatic N) is 3. The van der Waals surface area contributed by atoms with Gasteiger partial charge in [-0.25, -0.2) is 13.4 Å². The maximum Gasteiger partial charge on any atom is 0.255 e. The average Bonchev–Trinajstić information content (AvgIpc) is 2.94. The molecule has 2 aliphatic heterocycles. The van der Waals surface area contributed by atoms with E-state index in [0.717, 1.165) is 24.8 Å². The topological polar surface area (TPSA) is 70.6 Å². The van der Waals surface area contributed by atoms with E-state index >= 15 is 0 Å². The minimum Gasteiger partial charge on any atom is -0.357 e. The van der Waals surface area contributed by atoms with Crippen molar-refractivity contribution < 1.29 is 13.2 Å². The van der Waals surface area contributed by atoms with Crippen molar-refractivity contribution in [1.29, 1.82) is 0 Å². The molecule has 2 aliphatic rings. The summed E-state index contributed by atoms with van der Waals surface area (Å²) in [5.41, 5.74) is 0.510. The molecule has 24 heavy (non-hydrogen) atoms. The highest BCUT2D eigenvalue weighted by Gasteiger charge is 2.33. The summed E-state index contributed by atoms with van der Waals surface area (Å²) < 4.78 is 23.2. The van der Waals surface area contributed by atoms with Crippen molar-refractivity contribution in [2.75, 3.05) is 36.5 Å². The molecule has 1 amide bonds. The van der Waals surface area contributed by atoms with Crippen LogP contribution in [0.2, 0.25) is 0 Å². The third kappa shape index (κ3) is 3.71. The van der Waals surface area contributed by atoms with Crippen molar-refractivity contribution in [3.05, 3.63) is 23.9 Å². The summed E-state index contributed by atoms with van der Waals surface area (Å²) in [6.07, 6.45) is 4.46. The summed E-state index contributed by atoms with van der Waals surface area (Å²) in [6, 6.07) is 3.45. The SMILES string of the molecule is CC1CCN(c2ccc(C(=O)N(C)C3CCS(=O)(=O)C3)cn2)CC1. The number of pyridine rings is 1. The number of hydrogen-bond acceptors (Lipinski definition) is 5. The lowest BCUT2D eigenvalue weighted by Crippen LogP contribution is -2.38. The zero-order valence-corrected chi connectivity index (χ0v) is 15.1. The van der Waals surface area contributed by atoms with E-state index in [4.69, 9.17) is 0 Å². The van der Waals surface area contributed by atoms with Crippen LogP contribution in [0.4, 0.5) is 5.82 Å². The Hall–Kier alpha value is -1.63. The Morgan fingerprint density at radius 3 is 2.50 bits per heavy atom. The number of hydrogen-bond donors (Lipinski definition) is 0. The predicted octanol–water partition coefficient (Wildman–Crippen LogP) is 1.58. The number of piperidine rings is 1. The van der Waals surface area contributed by atoms with Gasteiger partial charge >= 0.3 is 0 Å². The van der Waals surface area contributed by atoms with Gasteiger partial charge < -0.3 is 9.80 Å². The smallest absolute Gasteiger partial charge is 0.255 e. The van der Waals surface area contributed by atoms with Crippen molar-refractivity contribution in [3.8, 4) is 0 Å². The number of carbonyl (C=O) groups excluding carboxylic acids is 1. The fraction of sp³-hybridized carbons (Fsp3) is 0.647. The molecule has 1 atom stereocenters. The molecule has 0 radical (unpaired) electrons. The minimum atomic E-state index is -3.00. The van der Waals surface area contributed by atoms with Gasteiger partial charge in [0.2, 0.25) is 0 Å².